The van der Waals surface area contributed by atoms with E-state index in [1.165, 1.54) is 5.57 Å². The lowest BCUT2D eigenvalue weighted by atomic mass is 10.00. The number of likely N-dealkylation sites (N-methyl/N-ethyl adjacent to an activating group) is 2. The molecule has 0 saturated heterocycles. The Hall–Kier alpha value is -0.580. The summed E-state index contributed by atoms with van der Waals surface area (Å²) in [6.45, 7) is 2.19. The highest BCUT2D eigenvalue weighted by Gasteiger charge is 2.32. The molecule has 1 aliphatic heterocycles. The second-order valence-corrected chi connectivity index (χ2v) is 4.72. The highest BCUT2D eigenvalue weighted by atomic mass is 15.6. The fourth-order valence-electron chi connectivity index (χ4n) is 2.23. The Morgan fingerprint density at radius 2 is 1.87 bits per heavy atom. The van der Waals surface area contributed by atoms with Gasteiger partial charge in [-0.3, -0.25) is 9.91 Å². The van der Waals surface area contributed by atoms with E-state index in [2.05, 4.69) is 61.5 Å². The summed E-state index contributed by atoms with van der Waals surface area (Å²) in [5.74, 6) is 0. The minimum absolute atomic E-state index is 0.383. The zero-order valence-corrected chi connectivity index (χ0v) is 10.8. The lowest BCUT2D eigenvalue weighted by molar-refractivity contribution is 0.00947. The van der Waals surface area contributed by atoms with Crippen molar-refractivity contribution in [3.63, 3.8) is 0 Å². The standard InChI is InChI=1S/C11H24N4/c1-9-7-10(13(3)4)11(14(5)6)15(8-9)12-2/h8,10-12H,7H2,1-6H3. The molecule has 0 aromatic heterocycles. The molecule has 15 heavy (non-hydrogen) atoms. The van der Waals surface area contributed by atoms with Crippen molar-refractivity contribution in [1.82, 2.24) is 20.2 Å². The molecule has 4 heteroatoms. The molecular weight excluding hydrogens is 188 g/mol. The molecule has 88 valence electrons. The van der Waals surface area contributed by atoms with Crippen molar-refractivity contribution < 1.29 is 0 Å². The summed E-state index contributed by atoms with van der Waals surface area (Å²) in [5.41, 5.74) is 4.66. The zero-order chi connectivity index (χ0) is 11.6. The number of nitrogens with one attached hydrogen (secondary N) is 1. The van der Waals surface area contributed by atoms with Gasteiger partial charge in [-0.2, -0.15) is 0 Å². The van der Waals surface area contributed by atoms with Crippen LogP contribution < -0.4 is 5.43 Å². The van der Waals surface area contributed by atoms with Crippen LogP contribution in [0.15, 0.2) is 11.8 Å². The second kappa shape index (κ2) is 4.96. The number of hydrazine groups is 1. The van der Waals surface area contributed by atoms with Gasteiger partial charge < -0.3 is 4.90 Å². The zero-order valence-electron chi connectivity index (χ0n) is 10.8. The van der Waals surface area contributed by atoms with E-state index in [-0.39, 0.29) is 0 Å². The molecule has 0 aromatic rings. The summed E-state index contributed by atoms with van der Waals surface area (Å²) >= 11 is 0. The topological polar surface area (TPSA) is 21.8 Å². The number of hydrogen-bond acceptors (Lipinski definition) is 4. The van der Waals surface area contributed by atoms with E-state index in [0.29, 0.717) is 12.2 Å². The monoisotopic (exact) mass is 212 g/mol. The van der Waals surface area contributed by atoms with Gasteiger partial charge in [0.2, 0.25) is 0 Å². The highest BCUT2D eigenvalue weighted by Crippen LogP contribution is 2.23. The Morgan fingerprint density at radius 1 is 1.27 bits per heavy atom. The van der Waals surface area contributed by atoms with Crippen LogP contribution in [0.1, 0.15) is 13.3 Å². The molecule has 0 aromatic carbocycles. The van der Waals surface area contributed by atoms with E-state index in [4.69, 9.17) is 0 Å². The fourth-order valence-corrected chi connectivity index (χ4v) is 2.23. The van der Waals surface area contributed by atoms with Gasteiger partial charge in [-0.25, -0.2) is 5.43 Å². The molecule has 2 atom stereocenters. The average molecular weight is 212 g/mol. The third kappa shape index (κ3) is 2.71. The molecule has 0 amide bonds. The molecule has 0 fully saturated rings. The van der Waals surface area contributed by atoms with Gasteiger partial charge in [-0.1, -0.05) is 5.57 Å². The van der Waals surface area contributed by atoms with Crippen molar-refractivity contribution in [1.29, 1.82) is 0 Å². The summed E-state index contributed by atoms with van der Waals surface area (Å²) in [5, 5.41) is 2.18. The van der Waals surface area contributed by atoms with Crippen molar-refractivity contribution in [3.05, 3.63) is 11.8 Å². The molecule has 4 nitrogen and oxygen atoms in total. The lowest BCUT2D eigenvalue weighted by Crippen LogP contribution is -2.60. The van der Waals surface area contributed by atoms with Gasteiger partial charge in [0.25, 0.3) is 0 Å². The van der Waals surface area contributed by atoms with E-state index in [0.717, 1.165) is 6.42 Å². The molecule has 1 rings (SSSR count). The SMILES string of the molecule is CNN1C=C(C)CC(N(C)C)C1N(C)C. The largest absolute Gasteiger partial charge is 0.303 e. The molecular formula is C11H24N4. The van der Waals surface area contributed by atoms with Gasteiger partial charge >= 0.3 is 0 Å². The molecule has 0 aliphatic carbocycles. The van der Waals surface area contributed by atoms with Crippen LogP contribution in [0.2, 0.25) is 0 Å². The van der Waals surface area contributed by atoms with Gasteiger partial charge in [0.15, 0.2) is 0 Å². The predicted octanol–water partition coefficient (Wildman–Crippen LogP) is 0.548. The Labute approximate surface area is 93.5 Å². The first-order chi connectivity index (χ1) is 6.97. The van der Waals surface area contributed by atoms with E-state index in [9.17, 15) is 0 Å². The van der Waals surface area contributed by atoms with Crippen LogP contribution in [-0.4, -0.2) is 62.3 Å². The summed E-state index contributed by atoms with van der Waals surface area (Å²) in [7, 11) is 10.5. The van der Waals surface area contributed by atoms with Crippen LogP contribution >= 0.6 is 0 Å². The van der Waals surface area contributed by atoms with Crippen molar-refractivity contribution in [3.8, 4) is 0 Å². The van der Waals surface area contributed by atoms with Crippen LogP contribution in [-0.2, 0) is 0 Å². The van der Waals surface area contributed by atoms with Gasteiger partial charge in [0, 0.05) is 19.3 Å². The Kier molecular flexibility index (Phi) is 4.13. The average Bonchev–Trinajstić information content (AvgIpc) is 2.15. The second-order valence-electron chi connectivity index (χ2n) is 4.72. The molecule has 0 spiro atoms. The molecule has 0 saturated carbocycles. The number of hydrogen-bond donors (Lipinski definition) is 1. The van der Waals surface area contributed by atoms with E-state index in [1.54, 1.807) is 0 Å². The summed E-state index contributed by atoms with van der Waals surface area (Å²) in [6.07, 6.45) is 3.72. The third-order valence-corrected chi connectivity index (χ3v) is 2.97. The third-order valence-electron chi connectivity index (χ3n) is 2.97. The van der Waals surface area contributed by atoms with Crippen LogP contribution in [0, 0.1) is 0 Å². The summed E-state index contributed by atoms with van der Waals surface area (Å²) < 4.78 is 0. The normalized spacial score (nSPS) is 27.5. The van der Waals surface area contributed by atoms with E-state index >= 15 is 0 Å². The minimum atomic E-state index is 0.383. The first-order valence-corrected chi connectivity index (χ1v) is 5.43. The van der Waals surface area contributed by atoms with Gasteiger partial charge in [-0.05, 0) is 41.5 Å². The maximum absolute atomic E-state index is 3.24. The Morgan fingerprint density at radius 3 is 2.27 bits per heavy atom. The lowest BCUT2D eigenvalue weighted by Gasteiger charge is -2.45. The summed E-state index contributed by atoms with van der Waals surface area (Å²) in [4.78, 5) is 4.55. The van der Waals surface area contributed by atoms with Gasteiger partial charge in [0.05, 0.1) is 0 Å². The van der Waals surface area contributed by atoms with Crippen LogP contribution in [0.25, 0.3) is 0 Å². The Bertz CT molecular complexity index is 235. The molecule has 1 heterocycles. The van der Waals surface area contributed by atoms with Crippen LogP contribution in [0.3, 0.4) is 0 Å². The Balaban J connectivity index is 2.92. The van der Waals surface area contributed by atoms with Gasteiger partial charge in [0.1, 0.15) is 6.17 Å². The van der Waals surface area contributed by atoms with Crippen LogP contribution in [0.5, 0.6) is 0 Å². The maximum atomic E-state index is 3.24. The molecule has 1 N–H and O–H groups in total. The minimum Gasteiger partial charge on any atom is -0.303 e. The quantitative estimate of drug-likeness (QED) is 0.737. The van der Waals surface area contributed by atoms with Crippen molar-refractivity contribution in [2.75, 3.05) is 35.2 Å². The smallest absolute Gasteiger partial charge is 0.112 e. The van der Waals surface area contributed by atoms with Crippen molar-refractivity contribution in [2.24, 2.45) is 0 Å². The summed E-state index contributed by atoms with van der Waals surface area (Å²) in [6, 6.07) is 0.525. The van der Waals surface area contributed by atoms with Gasteiger partial charge in [-0.15, -0.1) is 0 Å². The highest BCUT2D eigenvalue weighted by molar-refractivity contribution is 5.08. The molecule has 2 unspecified atom stereocenters. The predicted molar refractivity (Wildman–Crippen MR) is 64.2 cm³/mol. The number of nitrogens with zero attached hydrogens (tertiary/aromatic N) is 3. The first-order valence-electron chi connectivity index (χ1n) is 5.43. The molecule has 1 aliphatic rings. The van der Waals surface area contributed by atoms with Crippen LogP contribution in [0.4, 0.5) is 0 Å². The van der Waals surface area contributed by atoms with Crippen molar-refractivity contribution in [2.45, 2.75) is 25.6 Å². The van der Waals surface area contributed by atoms with E-state index < -0.39 is 0 Å². The first kappa shape index (κ1) is 12.5. The fraction of sp³-hybridized carbons (Fsp3) is 0.818. The van der Waals surface area contributed by atoms with Crippen molar-refractivity contribution >= 4 is 0 Å². The molecule has 0 bridgehead atoms. The maximum Gasteiger partial charge on any atom is 0.112 e. The van der Waals surface area contributed by atoms with E-state index in [1.807, 2.05) is 7.05 Å². The molecule has 0 radical (unpaired) electrons. The number of rotatable bonds is 3.